The summed E-state index contributed by atoms with van der Waals surface area (Å²) < 4.78 is 26.0. The highest BCUT2D eigenvalue weighted by atomic mass is 32.2. The molecule has 0 aliphatic carbocycles. The Morgan fingerprint density at radius 1 is 1.07 bits per heavy atom. The molecule has 0 unspecified atom stereocenters. The van der Waals surface area contributed by atoms with Crippen molar-refractivity contribution in [1.82, 2.24) is 5.32 Å². The third-order valence-electron chi connectivity index (χ3n) is 4.48. The van der Waals surface area contributed by atoms with Crippen LogP contribution in [0, 0.1) is 6.92 Å². The second-order valence-corrected chi connectivity index (χ2v) is 8.91. The number of hydrogen-bond donors (Lipinski definition) is 1. The van der Waals surface area contributed by atoms with Crippen molar-refractivity contribution in [3.8, 4) is 0 Å². The predicted octanol–water partition coefficient (Wildman–Crippen LogP) is 3.24. The smallest absolute Gasteiger partial charge is 0.232 e. The minimum absolute atomic E-state index is 0.116. The number of aryl methyl sites for hydroxylation is 1. The molecule has 1 amide bonds. The molecule has 2 aromatic rings. The summed E-state index contributed by atoms with van der Waals surface area (Å²) in [5.74, 6) is 0.0796. The number of hydrogen-bond acceptors (Lipinski definition) is 3. The van der Waals surface area contributed by atoms with E-state index in [0.29, 0.717) is 5.69 Å². The van der Waals surface area contributed by atoms with Gasteiger partial charge in [0.1, 0.15) is 0 Å². The van der Waals surface area contributed by atoms with E-state index in [0.717, 1.165) is 16.7 Å². The molecule has 0 aliphatic rings. The largest absolute Gasteiger partial charge is 0.354 e. The van der Waals surface area contributed by atoms with E-state index < -0.39 is 10.0 Å². The molecule has 0 bridgehead atoms. The van der Waals surface area contributed by atoms with Crippen molar-refractivity contribution in [1.29, 1.82) is 0 Å². The lowest BCUT2D eigenvalue weighted by molar-refractivity contribution is -0.120. The van der Waals surface area contributed by atoms with Gasteiger partial charge in [0.25, 0.3) is 0 Å². The second kappa shape index (κ2) is 9.04. The summed E-state index contributed by atoms with van der Waals surface area (Å²) in [5.41, 5.74) is 3.67. The normalized spacial score (nSPS) is 11.4. The minimum atomic E-state index is -3.46. The summed E-state index contributed by atoms with van der Waals surface area (Å²) in [5, 5.41) is 2.83. The third-order valence-corrected chi connectivity index (χ3v) is 5.66. The van der Waals surface area contributed by atoms with Crippen LogP contribution in [0.15, 0.2) is 48.5 Å². The molecule has 0 fully saturated rings. The van der Waals surface area contributed by atoms with Crippen molar-refractivity contribution in [3.63, 3.8) is 0 Å². The van der Waals surface area contributed by atoms with Crippen LogP contribution in [0.1, 0.15) is 36.5 Å². The minimum Gasteiger partial charge on any atom is -0.354 e. The zero-order valence-corrected chi connectivity index (χ0v) is 17.2. The van der Waals surface area contributed by atoms with Crippen LogP contribution in [0.4, 0.5) is 5.69 Å². The van der Waals surface area contributed by atoms with Crippen molar-refractivity contribution in [2.45, 2.75) is 33.1 Å². The molecule has 0 heterocycles. The van der Waals surface area contributed by atoms with Crippen LogP contribution >= 0.6 is 0 Å². The van der Waals surface area contributed by atoms with Gasteiger partial charge in [-0.3, -0.25) is 9.10 Å². The topological polar surface area (TPSA) is 66.5 Å². The van der Waals surface area contributed by atoms with E-state index in [2.05, 4.69) is 5.32 Å². The summed E-state index contributed by atoms with van der Waals surface area (Å²) in [4.78, 5) is 12.2. The van der Waals surface area contributed by atoms with Gasteiger partial charge < -0.3 is 5.32 Å². The maximum Gasteiger partial charge on any atom is 0.232 e. The second-order valence-electron chi connectivity index (χ2n) is 7.00. The number of benzene rings is 2. The van der Waals surface area contributed by atoms with Gasteiger partial charge in [0.15, 0.2) is 0 Å². The summed E-state index contributed by atoms with van der Waals surface area (Å²) in [6.45, 7) is 6.48. The first-order valence-corrected chi connectivity index (χ1v) is 10.9. The summed E-state index contributed by atoms with van der Waals surface area (Å²) in [6, 6.07) is 15.2. The zero-order chi connectivity index (χ0) is 20.0. The maximum atomic E-state index is 12.3. The third kappa shape index (κ3) is 5.82. The monoisotopic (exact) mass is 388 g/mol. The number of anilines is 1. The zero-order valence-electron chi connectivity index (χ0n) is 16.4. The number of rotatable bonds is 8. The van der Waals surface area contributed by atoms with Gasteiger partial charge in [-0.2, -0.15) is 0 Å². The average molecular weight is 389 g/mol. The quantitative estimate of drug-likeness (QED) is 0.755. The Labute approximate surface area is 162 Å². The molecule has 0 saturated carbocycles. The van der Waals surface area contributed by atoms with Gasteiger partial charge in [0, 0.05) is 6.54 Å². The number of nitrogens with one attached hydrogen (secondary N) is 1. The molecule has 0 atom stereocenters. The van der Waals surface area contributed by atoms with Gasteiger partial charge in [-0.25, -0.2) is 8.42 Å². The van der Waals surface area contributed by atoms with Gasteiger partial charge in [0.2, 0.25) is 15.9 Å². The number of carbonyl (C=O) groups excluding carboxylic acids is 1. The Hall–Kier alpha value is -2.34. The first kappa shape index (κ1) is 21.0. The number of amides is 1. The van der Waals surface area contributed by atoms with Crippen LogP contribution in [0.25, 0.3) is 0 Å². The Kier molecular flexibility index (Phi) is 7.02. The first-order chi connectivity index (χ1) is 12.7. The molecule has 0 saturated heterocycles. The fraction of sp³-hybridized carbons (Fsp3) is 0.381. The highest BCUT2D eigenvalue weighted by molar-refractivity contribution is 7.92. The van der Waals surface area contributed by atoms with Crippen LogP contribution in [0.5, 0.6) is 0 Å². The van der Waals surface area contributed by atoms with Crippen LogP contribution in [-0.2, 0) is 21.2 Å². The molecule has 5 nitrogen and oxygen atoms in total. The molecule has 0 aromatic heterocycles. The molecule has 2 rings (SSSR count). The molecule has 6 heteroatoms. The highest BCUT2D eigenvalue weighted by Crippen LogP contribution is 2.28. The van der Waals surface area contributed by atoms with Crippen molar-refractivity contribution in [2.24, 2.45) is 0 Å². The maximum absolute atomic E-state index is 12.3. The molecule has 0 aliphatic heterocycles. The molecule has 2 aromatic carbocycles. The Balaban J connectivity index is 2.06. The fourth-order valence-electron chi connectivity index (χ4n) is 3.01. The highest BCUT2D eigenvalue weighted by Gasteiger charge is 2.21. The number of nitrogens with zero attached hydrogens (tertiary/aromatic N) is 1. The SMILES string of the molecule is Cc1ccccc1CC(=O)NCCN(c1ccccc1C(C)C)S(C)(=O)=O. The Morgan fingerprint density at radius 3 is 2.33 bits per heavy atom. The molecule has 0 radical (unpaired) electrons. The number of sulfonamides is 1. The van der Waals surface area contributed by atoms with E-state index >= 15 is 0 Å². The van der Waals surface area contributed by atoms with E-state index in [4.69, 9.17) is 0 Å². The predicted molar refractivity (Wildman–Crippen MR) is 111 cm³/mol. The number of carbonyl (C=O) groups is 1. The van der Waals surface area contributed by atoms with Crippen LogP contribution < -0.4 is 9.62 Å². The first-order valence-electron chi connectivity index (χ1n) is 9.08. The average Bonchev–Trinajstić information content (AvgIpc) is 2.59. The van der Waals surface area contributed by atoms with E-state index in [9.17, 15) is 13.2 Å². The van der Waals surface area contributed by atoms with Crippen molar-refractivity contribution in [2.75, 3.05) is 23.7 Å². The van der Waals surface area contributed by atoms with Crippen molar-refractivity contribution < 1.29 is 13.2 Å². The molecule has 146 valence electrons. The lowest BCUT2D eigenvalue weighted by Crippen LogP contribution is -2.39. The summed E-state index contributed by atoms with van der Waals surface area (Å²) in [6.07, 6.45) is 1.48. The van der Waals surface area contributed by atoms with Crippen LogP contribution in [0.3, 0.4) is 0 Å². The summed E-state index contributed by atoms with van der Waals surface area (Å²) in [7, 11) is -3.46. The van der Waals surface area contributed by atoms with E-state index in [1.54, 1.807) is 0 Å². The van der Waals surface area contributed by atoms with Gasteiger partial charge in [0.05, 0.1) is 24.9 Å². The molecule has 0 spiro atoms. The fourth-order valence-corrected chi connectivity index (χ4v) is 3.96. The Morgan fingerprint density at radius 2 is 1.70 bits per heavy atom. The lowest BCUT2D eigenvalue weighted by Gasteiger charge is -2.26. The van der Waals surface area contributed by atoms with Crippen molar-refractivity contribution in [3.05, 3.63) is 65.2 Å². The van der Waals surface area contributed by atoms with Gasteiger partial charge in [-0.05, 0) is 35.6 Å². The van der Waals surface area contributed by atoms with Crippen LogP contribution in [0.2, 0.25) is 0 Å². The van der Waals surface area contributed by atoms with E-state index in [-0.39, 0.29) is 31.3 Å². The van der Waals surface area contributed by atoms with E-state index in [1.165, 1.54) is 10.6 Å². The van der Waals surface area contributed by atoms with Gasteiger partial charge in [-0.1, -0.05) is 56.3 Å². The molecular formula is C21H28N2O3S. The molecular weight excluding hydrogens is 360 g/mol. The van der Waals surface area contributed by atoms with E-state index in [1.807, 2.05) is 69.3 Å². The molecule has 1 N–H and O–H groups in total. The summed E-state index contributed by atoms with van der Waals surface area (Å²) >= 11 is 0. The van der Waals surface area contributed by atoms with Crippen LogP contribution in [-0.4, -0.2) is 33.7 Å². The van der Waals surface area contributed by atoms with Gasteiger partial charge >= 0.3 is 0 Å². The lowest BCUT2D eigenvalue weighted by atomic mass is 10.0. The molecule has 27 heavy (non-hydrogen) atoms. The number of para-hydroxylation sites is 1. The van der Waals surface area contributed by atoms with Gasteiger partial charge in [-0.15, -0.1) is 0 Å². The standard InChI is InChI=1S/C21H28N2O3S/c1-16(2)19-11-7-8-12-20(19)23(27(4,25)26)14-13-22-21(24)15-18-10-6-5-9-17(18)3/h5-12,16H,13-15H2,1-4H3,(H,22,24). The van der Waals surface area contributed by atoms with Crippen molar-refractivity contribution >= 4 is 21.6 Å². The Bertz CT molecular complexity index is 892.